The first-order valence-electron chi connectivity index (χ1n) is 8.99. The zero-order valence-electron chi connectivity index (χ0n) is 15.3. The summed E-state index contributed by atoms with van der Waals surface area (Å²) in [5.74, 6) is -0.282. The molecule has 27 heavy (non-hydrogen) atoms. The molecule has 0 aliphatic carbocycles. The van der Waals surface area contributed by atoms with Crippen molar-refractivity contribution in [2.45, 2.75) is 18.8 Å². The minimum atomic E-state index is -0.873. The fourth-order valence-electron chi connectivity index (χ4n) is 3.44. The molecule has 1 fully saturated rings. The van der Waals surface area contributed by atoms with Gasteiger partial charge in [0.05, 0.1) is 19.2 Å². The van der Waals surface area contributed by atoms with Crippen LogP contribution >= 0.6 is 11.3 Å². The summed E-state index contributed by atoms with van der Waals surface area (Å²) in [6.45, 7) is 2.71. The number of amides is 1. The van der Waals surface area contributed by atoms with Crippen LogP contribution in [0.4, 0.5) is 5.69 Å². The number of methoxy groups -OCH3 is 1. The Morgan fingerprint density at radius 3 is 2.48 bits per heavy atom. The summed E-state index contributed by atoms with van der Waals surface area (Å²) >= 11 is 1.51. The molecular weight excluding hydrogens is 364 g/mol. The van der Waals surface area contributed by atoms with Crippen LogP contribution in [-0.2, 0) is 9.59 Å². The molecule has 1 unspecified atom stereocenters. The maximum Gasteiger partial charge on any atom is 0.304 e. The predicted octanol–water partition coefficient (Wildman–Crippen LogP) is 3.05. The van der Waals surface area contributed by atoms with Crippen molar-refractivity contribution in [3.8, 4) is 5.75 Å². The van der Waals surface area contributed by atoms with Crippen molar-refractivity contribution in [3.05, 3.63) is 46.7 Å². The number of carboxylic acid groups (broad SMARTS) is 1. The van der Waals surface area contributed by atoms with E-state index >= 15 is 0 Å². The van der Waals surface area contributed by atoms with Gasteiger partial charge in [-0.3, -0.25) is 9.59 Å². The fourth-order valence-corrected chi connectivity index (χ4v) is 4.27. The Morgan fingerprint density at radius 2 is 1.85 bits per heavy atom. The van der Waals surface area contributed by atoms with Gasteiger partial charge in [0.1, 0.15) is 5.75 Å². The first kappa shape index (κ1) is 19.2. The lowest BCUT2D eigenvalue weighted by Gasteiger charge is -2.37. The van der Waals surface area contributed by atoms with Crippen LogP contribution in [0.15, 0.2) is 41.8 Å². The van der Waals surface area contributed by atoms with Gasteiger partial charge in [-0.25, -0.2) is 0 Å². The Morgan fingerprint density at radius 1 is 1.11 bits per heavy atom. The van der Waals surface area contributed by atoms with E-state index in [1.54, 1.807) is 7.11 Å². The summed E-state index contributed by atoms with van der Waals surface area (Å²) in [6, 6.07) is 11.7. The highest BCUT2D eigenvalue weighted by atomic mass is 32.1. The van der Waals surface area contributed by atoms with E-state index in [0.717, 1.165) is 29.4 Å². The van der Waals surface area contributed by atoms with E-state index in [9.17, 15) is 14.7 Å². The van der Waals surface area contributed by atoms with Crippen molar-refractivity contribution in [2.24, 2.45) is 0 Å². The van der Waals surface area contributed by atoms with Crippen molar-refractivity contribution in [1.82, 2.24) is 4.90 Å². The second-order valence-corrected chi connectivity index (χ2v) is 7.53. The second-order valence-electron chi connectivity index (χ2n) is 6.55. The van der Waals surface area contributed by atoms with E-state index < -0.39 is 5.97 Å². The number of benzene rings is 1. The number of para-hydroxylation sites is 2. The van der Waals surface area contributed by atoms with Gasteiger partial charge < -0.3 is 19.6 Å². The van der Waals surface area contributed by atoms with Crippen molar-refractivity contribution in [3.63, 3.8) is 0 Å². The largest absolute Gasteiger partial charge is 0.495 e. The van der Waals surface area contributed by atoms with Gasteiger partial charge in [-0.15, -0.1) is 11.3 Å². The van der Waals surface area contributed by atoms with Crippen LogP contribution in [-0.4, -0.2) is 55.2 Å². The lowest BCUT2D eigenvalue weighted by atomic mass is 9.98. The standard InChI is InChI=1S/C20H24N2O4S/c1-26-17-6-3-2-5-16(17)21-8-10-22(11-9-21)19(23)13-15(14-20(24)25)18-7-4-12-27-18/h2-7,12,15H,8-11,13-14H2,1H3,(H,24,25). The van der Waals surface area contributed by atoms with Gasteiger partial charge >= 0.3 is 5.97 Å². The molecular formula is C20H24N2O4S. The van der Waals surface area contributed by atoms with E-state index in [2.05, 4.69) is 4.90 Å². The number of hydrogen-bond donors (Lipinski definition) is 1. The van der Waals surface area contributed by atoms with Crippen molar-refractivity contribution in [2.75, 3.05) is 38.2 Å². The second kappa shape index (κ2) is 8.90. The molecule has 0 spiro atoms. The van der Waals surface area contributed by atoms with Gasteiger partial charge in [0.2, 0.25) is 5.91 Å². The third-order valence-corrected chi connectivity index (χ3v) is 5.88. The Bertz CT molecular complexity index is 770. The van der Waals surface area contributed by atoms with Crippen LogP contribution in [0.25, 0.3) is 0 Å². The first-order chi connectivity index (χ1) is 13.1. The predicted molar refractivity (Wildman–Crippen MR) is 106 cm³/mol. The molecule has 0 bridgehead atoms. The lowest BCUT2D eigenvalue weighted by Crippen LogP contribution is -2.49. The minimum absolute atomic E-state index is 0.0204. The average molecular weight is 388 g/mol. The van der Waals surface area contributed by atoms with Crippen LogP contribution in [0.3, 0.4) is 0 Å². The topological polar surface area (TPSA) is 70.1 Å². The maximum atomic E-state index is 12.7. The van der Waals surface area contributed by atoms with Gasteiger partial charge in [-0.05, 0) is 23.6 Å². The molecule has 1 aliphatic rings. The molecule has 1 N–H and O–H groups in total. The summed E-state index contributed by atoms with van der Waals surface area (Å²) in [5.41, 5.74) is 1.04. The molecule has 2 heterocycles. The Hall–Kier alpha value is -2.54. The Balaban J connectivity index is 1.60. The summed E-state index contributed by atoms with van der Waals surface area (Å²) in [6.07, 6.45) is 0.217. The van der Waals surface area contributed by atoms with Crippen LogP contribution in [0, 0.1) is 0 Å². The molecule has 1 atom stereocenters. The smallest absolute Gasteiger partial charge is 0.304 e. The number of rotatable bonds is 7. The molecule has 2 aromatic rings. The highest BCUT2D eigenvalue weighted by molar-refractivity contribution is 7.10. The normalized spacial score (nSPS) is 15.4. The average Bonchev–Trinajstić information content (AvgIpc) is 3.22. The van der Waals surface area contributed by atoms with E-state index in [1.165, 1.54) is 11.3 Å². The van der Waals surface area contributed by atoms with Crippen LogP contribution < -0.4 is 9.64 Å². The van der Waals surface area contributed by atoms with Crippen molar-refractivity contribution < 1.29 is 19.4 Å². The zero-order valence-corrected chi connectivity index (χ0v) is 16.2. The molecule has 0 saturated carbocycles. The lowest BCUT2D eigenvalue weighted by molar-refractivity contribution is -0.138. The quantitative estimate of drug-likeness (QED) is 0.789. The molecule has 6 nitrogen and oxygen atoms in total. The van der Waals surface area contributed by atoms with Gasteiger partial charge in [0.25, 0.3) is 0 Å². The monoisotopic (exact) mass is 388 g/mol. The van der Waals surface area contributed by atoms with Crippen LogP contribution in [0.1, 0.15) is 23.6 Å². The number of thiophene rings is 1. The number of piperazine rings is 1. The van der Waals surface area contributed by atoms with Gasteiger partial charge in [-0.1, -0.05) is 18.2 Å². The van der Waals surface area contributed by atoms with E-state index in [0.29, 0.717) is 13.1 Å². The molecule has 1 aromatic heterocycles. The highest BCUT2D eigenvalue weighted by Gasteiger charge is 2.26. The number of carbonyl (C=O) groups excluding carboxylic acids is 1. The fraction of sp³-hybridized carbons (Fsp3) is 0.400. The zero-order chi connectivity index (χ0) is 19.2. The van der Waals surface area contributed by atoms with Gasteiger partial charge in [0.15, 0.2) is 0 Å². The minimum Gasteiger partial charge on any atom is -0.495 e. The molecule has 1 aromatic carbocycles. The molecule has 3 rings (SSSR count). The third-order valence-electron chi connectivity index (χ3n) is 4.85. The number of anilines is 1. The van der Waals surface area contributed by atoms with E-state index in [-0.39, 0.29) is 24.7 Å². The summed E-state index contributed by atoms with van der Waals surface area (Å²) in [4.78, 5) is 28.9. The summed E-state index contributed by atoms with van der Waals surface area (Å²) in [7, 11) is 1.66. The number of aliphatic carboxylic acids is 1. The SMILES string of the molecule is COc1ccccc1N1CCN(C(=O)CC(CC(=O)O)c2cccs2)CC1. The summed E-state index contributed by atoms with van der Waals surface area (Å²) < 4.78 is 5.43. The third kappa shape index (κ3) is 4.80. The number of hydrogen-bond acceptors (Lipinski definition) is 5. The Kier molecular flexibility index (Phi) is 6.34. The van der Waals surface area contributed by atoms with Gasteiger partial charge in [-0.2, -0.15) is 0 Å². The van der Waals surface area contributed by atoms with E-state index in [4.69, 9.17) is 4.74 Å². The highest BCUT2D eigenvalue weighted by Crippen LogP contribution is 2.30. The Labute approximate surface area is 163 Å². The molecule has 1 saturated heterocycles. The van der Waals surface area contributed by atoms with Crippen molar-refractivity contribution >= 4 is 28.9 Å². The van der Waals surface area contributed by atoms with Crippen LogP contribution in [0.2, 0.25) is 0 Å². The number of ether oxygens (including phenoxy) is 1. The molecule has 7 heteroatoms. The first-order valence-corrected chi connectivity index (χ1v) is 9.87. The molecule has 1 aliphatic heterocycles. The van der Waals surface area contributed by atoms with Crippen molar-refractivity contribution in [1.29, 1.82) is 0 Å². The number of carboxylic acids is 1. The number of carbonyl (C=O) groups is 2. The van der Waals surface area contributed by atoms with Gasteiger partial charge in [0, 0.05) is 43.4 Å². The maximum absolute atomic E-state index is 12.7. The van der Waals surface area contributed by atoms with Crippen LogP contribution in [0.5, 0.6) is 5.75 Å². The van der Waals surface area contributed by atoms with E-state index in [1.807, 2.05) is 46.7 Å². The molecule has 0 radical (unpaired) electrons. The molecule has 144 valence electrons. The molecule has 1 amide bonds. The summed E-state index contributed by atoms with van der Waals surface area (Å²) in [5, 5.41) is 11.1. The number of nitrogens with zero attached hydrogens (tertiary/aromatic N) is 2.